The van der Waals surface area contributed by atoms with Gasteiger partial charge in [0.25, 0.3) is 0 Å². The molecule has 1 aliphatic heterocycles. The Balaban J connectivity index is 0.00000169. The minimum Gasteiger partial charge on any atom is -0.369 e. The van der Waals surface area contributed by atoms with Gasteiger partial charge in [-0.25, -0.2) is 4.98 Å². The van der Waals surface area contributed by atoms with Crippen LogP contribution in [-0.4, -0.2) is 41.0 Å². The summed E-state index contributed by atoms with van der Waals surface area (Å²) in [6.45, 7) is 5.19. The normalized spacial score (nSPS) is 15.5. The SMILES string of the molecule is Cl.Clc1ccc(N2CCN(Cc3c[nH]c4ncccc34)CC2)cc1. The van der Waals surface area contributed by atoms with E-state index in [2.05, 4.69) is 44.2 Å². The van der Waals surface area contributed by atoms with E-state index in [1.54, 1.807) is 0 Å². The van der Waals surface area contributed by atoms with Gasteiger partial charge in [0, 0.05) is 61.2 Å². The van der Waals surface area contributed by atoms with Gasteiger partial charge in [0.05, 0.1) is 0 Å². The first kappa shape index (κ1) is 17.1. The summed E-state index contributed by atoms with van der Waals surface area (Å²) in [6, 6.07) is 12.3. The van der Waals surface area contributed by atoms with E-state index in [1.165, 1.54) is 16.6 Å². The molecule has 3 aromatic rings. The highest BCUT2D eigenvalue weighted by molar-refractivity contribution is 6.30. The molecule has 2 aromatic heterocycles. The first-order valence-corrected chi connectivity index (χ1v) is 8.31. The van der Waals surface area contributed by atoms with Crippen LogP contribution in [0.25, 0.3) is 11.0 Å². The van der Waals surface area contributed by atoms with Crippen LogP contribution in [0.2, 0.25) is 5.02 Å². The Morgan fingerprint density at radius 1 is 1.04 bits per heavy atom. The smallest absolute Gasteiger partial charge is 0.137 e. The van der Waals surface area contributed by atoms with Gasteiger partial charge in [0.15, 0.2) is 0 Å². The first-order chi connectivity index (χ1) is 11.3. The van der Waals surface area contributed by atoms with Crippen molar-refractivity contribution in [3.05, 3.63) is 59.4 Å². The molecule has 0 saturated carbocycles. The van der Waals surface area contributed by atoms with Gasteiger partial charge in [-0.2, -0.15) is 0 Å². The van der Waals surface area contributed by atoms with Crippen LogP contribution in [0.4, 0.5) is 5.69 Å². The molecule has 0 atom stereocenters. The number of hydrogen-bond acceptors (Lipinski definition) is 3. The quantitative estimate of drug-likeness (QED) is 0.765. The summed E-state index contributed by atoms with van der Waals surface area (Å²) in [5.41, 5.74) is 3.56. The third kappa shape index (κ3) is 3.51. The van der Waals surface area contributed by atoms with Gasteiger partial charge in [-0.15, -0.1) is 12.4 Å². The van der Waals surface area contributed by atoms with Gasteiger partial charge in [-0.3, -0.25) is 4.90 Å². The summed E-state index contributed by atoms with van der Waals surface area (Å²) in [7, 11) is 0. The highest BCUT2D eigenvalue weighted by Crippen LogP contribution is 2.21. The van der Waals surface area contributed by atoms with Crippen LogP contribution < -0.4 is 4.90 Å². The van der Waals surface area contributed by atoms with Crippen molar-refractivity contribution in [3.63, 3.8) is 0 Å². The lowest BCUT2D eigenvalue weighted by molar-refractivity contribution is 0.250. The van der Waals surface area contributed by atoms with Crippen molar-refractivity contribution in [1.82, 2.24) is 14.9 Å². The second-order valence-corrected chi connectivity index (χ2v) is 6.39. The maximum Gasteiger partial charge on any atom is 0.137 e. The van der Waals surface area contributed by atoms with E-state index in [0.29, 0.717) is 0 Å². The molecule has 4 rings (SSSR count). The molecule has 1 aromatic carbocycles. The van der Waals surface area contributed by atoms with Crippen LogP contribution in [0, 0.1) is 0 Å². The maximum atomic E-state index is 5.97. The van der Waals surface area contributed by atoms with Crippen LogP contribution in [-0.2, 0) is 6.54 Å². The molecule has 0 bridgehead atoms. The third-order valence-corrected chi connectivity index (χ3v) is 4.75. The highest BCUT2D eigenvalue weighted by atomic mass is 35.5. The average Bonchev–Trinajstić information content (AvgIpc) is 3.00. The van der Waals surface area contributed by atoms with Crippen molar-refractivity contribution in [3.8, 4) is 0 Å². The molecule has 6 heteroatoms. The largest absolute Gasteiger partial charge is 0.369 e. The number of anilines is 1. The van der Waals surface area contributed by atoms with Gasteiger partial charge in [-0.1, -0.05) is 11.6 Å². The number of nitrogens with zero attached hydrogens (tertiary/aromatic N) is 3. The van der Waals surface area contributed by atoms with E-state index >= 15 is 0 Å². The van der Waals surface area contributed by atoms with Crippen LogP contribution >= 0.6 is 24.0 Å². The predicted molar refractivity (Wildman–Crippen MR) is 102 cm³/mol. The molecule has 0 aliphatic carbocycles. The van der Waals surface area contributed by atoms with Crippen molar-refractivity contribution >= 4 is 40.7 Å². The molecule has 1 aliphatic rings. The molecular weight excluding hydrogens is 343 g/mol. The summed E-state index contributed by atoms with van der Waals surface area (Å²) in [5.74, 6) is 0. The fraction of sp³-hybridized carbons (Fsp3) is 0.278. The summed E-state index contributed by atoms with van der Waals surface area (Å²) in [5, 5.41) is 2.02. The lowest BCUT2D eigenvalue weighted by Gasteiger charge is -2.36. The predicted octanol–water partition coefficient (Wildman–Crippen LogP) is 3.96. The number of nitrogens with one attached hydrogen (secondary N) is 1. The van der Waals surface area contributed by atoms with E-state index in [0.717, 1.165) is 43.4 Å². The summed E-state index contributed by atoms with van der Waals surface area (Å²) >= 11 is 5.97. The number of rotatable bonds is 3. The minimum atomic E-state index is 0. The molecule has 24 heavy (non-hydrogen) atoms. The first-order valence-electron chi connectivity index (χ1n) is 7.93. The van der Waals surface area contributed by atoms with E-state index in [9.17, 15) is 0 Å². The van der Waals surface area contributed by atoms with Crippen LogP contribution in [0.5, 0.6) is 0 Å². The van der Waals surface area contributed by atoms with Crippen molar-refractivity contribution < 1.29 is 0 Å². The molecule has 4 nitrogen and oxygen atoms in total. The van der Waals surface area contributed by atoms with Crippen LogP contribution in [0.3, 0.4) is 0 Å². The average molecular weight is 363 g/mol. The number of halogens is 2. The molecule has 0 spiro atoms. The van der Waals surface area contributed by atoms with Crippen LogP contribution in [0.15, 0.2) is 48.8 Å². The Morgan fingerprint density at radius 3 is 2.54 bits per heavy atom. The van der Waals surface area contributed by atoms with Gasteiger partial charge in [0.2, 0.25) is 0 Å². The molecule has 126 valence electrons. The topological polar surface area (TPSA) is 35.2 Å². The lowest BCUT2D eigenvalue weighted by atomic mass is 10.2. The molecule has 1 fully saturated rings. The fourth-order valence-electron chi connectivity index (χ4n) is 3.20. The molecule has 1 N–H and O–H groups in total. The van der Waals surface area contributed by atoms with Gasteiger partial charge < -0.3 is 9.88 Å². The van der Waals surface area contributed by atoms with Crippen molar-refractivity contribution in [2.24, 2.45) is 0 Å². The molecule has 0 unspecified atom stereocenters. The summed E-state index contributed by atoms with van der Waals surface area (Å²) < 4.78 is 0. The second kappa shape index (κ2) is 7.43. The molecule has 3 heterocycles. The zero-order valence-corrected chi connectivity index (χ0v) is 14.9. The van der Waals surface area contributed by atoms with Crippen molar-refractivity contribution in [1.29, 1.82) is 0 Å². The standard InChI is InChI=1S/C18H19ClN4.ClH/c19-15-3-5-16(6-4-15)23-10-8-22(9-11-23)13-14-12-21-18-17(14)2-1-7-20-18;/h1-7,12H,8-11,13H2,(H,20,21);1H. The number of fused-ring (bicyclic) bond motifs is 1. The van der Waals surface area contributed by atoms with Gasteiger partial charge in [0.1, 0.15) is 5.65 Å². The zero-order chi connectivity index (χ0) is 15.6. The van der Waals surface area contributed by atoms with E-state index in [1.807, 2.05) is 24.4 Å². The number of benzene rings is 1. The van der Waals surface area contributed by atoms with E-state index in [-0.39, 0.29) is 12.4 Å². The number of aromatic nitrogens is 2. The van der Waals surface area contributed by atoms with Gasteiger partial charge in [-0.05, 0) is 42.0 Å². The Bertz CT molecular complexity index is 792. The Labute approximate surface area is 152 Å². The van der Waals surface area contributed by atoms with Crippen molar-refractivity contribution in [2.45, 2.75) is 6.54 Å². The molecule has 0 amide bonds. The minimum absolute atomic E-state index is 0. The Morgan fingerprint density at radius 2 is 1.79 bits per heavy atom. The lowest BCUT2D eigenvalue weighted by Crippen LogP contribution is -2.45. The van der Waals surface area contributed by atoms with E-state index in [4.69, 9.17) is 11.6 Å². The number of hydrogen-bond donors (Lipinski definition) is 1. The highest BCUT2D eigenvalue weighted by Gasteiger charge is 2.18. The van der Waals surface area contributed by atoms with E-state index < -0.39 is 0 Å². The van der Waals surface area contributed by atoms with Crippen molar-refractivity contribution in [2.75, 3.05) is 31.1 Å². The summed E-state index contributed by atoms with van der Waals surface area (Å²) in [4.78, 5) is 12.5. The Kier molecular flexibility index (Phi) is 5.29. The third-order valence-electron chi connectivity index (χ3n) is 4.49. The number of aromatic amines is 1. The zero-order valence-electron chi connectivity index (χ0n) is 13.3. The second-order valence-electron chi connectivity index (χ2n) is 5.95. The molecular formula is C18H20Cl2N4. The number of pyridine rings is 1. The number of piperazine rings is 1. The molecule has 1 saturated heterocycles. The maximum absolute atomic E-state index is 5.97. The monoisotopic (exact) mass is 362 g/mol. The van der Waals surface area contributed by atoms with Gasteiger partial charge >= 0.3 is 0 Å². The Hall–Kier alpha value is -1.75. The molecule has 0 radical (unpaired) electrons. The number of H-pyrrole nitrogens is 1. The fourth-order valence-corrected chi connectivity index (χ4v) is 3.33. The van der Waals surface area contributed by atoms with Crippen LogP contribution in [0.1, 0.15) is 5.56 Å². The summed E-state index contributed by atoms with van der Waals surface area (Å²) in [6.07, 6.45) is 3.91.